The van der Waals surface area contributed by atoms with Crippen molar-refractivity contribution in [1.29, 1.82) is 0 Å². The molecule has 1 aromatic carbocycles. The van der Waals surface area contributed by atoms with Crippen LogP contribution in [0.15, 0.2) is 29.2 Å². The third-order valence-corrected chi connectivity index (χ3v) is 6.62. The lowest BCUT2D eigenvalue weighted by molar-refractivity contribution is -0.0440. The maximum Gasteiger partial charge on any atom is 0.251 e. The van der Waals surface area contributed by atoms with Crippen LogP contribution >= 0.6 is 0 Å². The van der Waals surface area contributed by atoms with E-state index in [1.165, 1.54) is 16.4 Å². The minimum Gasteiger partial charge on any atom is -0.385 e. The standard InChI is InChI=1S/C20H33N3O5S/c1-16-14-23(15-17(2)28-16)29(25,26)19-8-5-7-18(13-19)20(24)21-9-11-22(3)10-6-12-27-4/h5,7-8,13,16-17H,6,9-12,14-15H2,1-4H3,(H,21,24). The summed E-state index contributed by atoms with van der Waals surface area (Å²) in [6.45, 7) is 7.10. The monoisotopic (exact) mass is 427 g/mol. The summed E-state index contributed by atoms with van der Waals surface area (Å²) in [5.74, 6) is -0.281. The second-order valence-corrected chi connectivity index (χ2v) is 9.45. The van der Waals surface area contributed by atoms with Gasteiger partial charge in [0.05, 0.1) is 17.1 Å². The highest BCUT2D eigenvalue weighted by molar-refractivity contribution is 7.89. The number of methoxy groups -OCH3 is 1. The summed E-state index contributed by atoms with van der Waals surface area (Å²) in [4.78, 5) is 14.7. The van der Waals surface area contributed by atoms with Crippen molar-refractivity contribution >= 4 is 15.9 Å². The average Bonchev–Trinajstić information content (AvgIpc) is 2.67. The summed E-state index contributed by atoms with van der Waals surface area (Å²) in [6.07, 6.45) is 0.598. The number of carbonyl (C=O) groups excluding carboxylic acids is 1. The lowest BCUT2D eigenvalue weighted by atomic mass is 10.2. The van der Waals surface area contributed by atoms with Crippen LogP contribution in [0, 0.1) is 0 Å². The van der Waals surface area contributed by atoms with Crippen LogP contribution in [0.4, 0.5) is 0 Å². The van der Waals surface area contributed by atoms with Gasteiger partial charge in [0.2, 0.25) is 10.0 Å². The van der Waals surface area contributed by atoms with Gasteiger partial charge in [0, 0.05) is 52.0 Å². The van der Waals surface area contributed by atoms with Gasteiger partial charge in [-0.2, -0.15) is 4.31 Å². The lowest BCUT2D eigenvalue weighted by Crippen LogP contribution is -2.48. The molecule has 0 radical (unpaired) electrons. The molecule has 1 aliphatic heterocycles. The van der Waals surface area contributed by atoms with E-state index in [4.69, 9.17) is 9.47 Å². The summed E-state index contributed by atoms with van der Waals surface area (Å²) in [7, 11) is -0.0166. The fraction of sp³-hybridized carbons (Fsp3) is 0.650. The van der Waals surface area contributed by atoms with E-state index < -0.39 is 10.0 Å². The molecule has 164 valence electrons. The summed E-state index contributed by atoms with van der Waals surface area (Å²) in [6, 6.07) is 6.20. The van der Waals surface area contributed by atoms with E-state index in [-0.39, 0.29) is 23.0 Å². The fourth-order valence-corrected chi connectivity index (χ4v) is 4.96. The number of hydrogen-bond donors (Lipinski definition) is 1. The van der Waals surface area contributed by atoms with Crippen molar-refractivity contribution in [2.45, 2.75) is 37.4 Å². The first-order valence-corrected chi connectivity index (χ1v) is 11.4. The van der Waals surface area contributed by atoms with Crippen molar-refractivity contribution in [3.63, 3.8) is 0 Å². The highest BCUT2D eigenvalue weighted by Crippen LogP contribution is 2.21. The van der Waals surface area contributed by atoms with Crippen LogP contribution in [0.2, 0.25) is 0 Å². The largest absolute Gasteiger partial charge is 0.385 e. The summed E-state index contributed by atoms with van der Waals surface area (Å²) < 4.78 is 38.1. The molecule has 2 unspecified atom stereocenters. The van der Waals surface area contributed by atoms with Crippen LogP contribution < -0.4 is 5.32 Å². The number of amides is 1. The number of sulfonamides is 1. The smallest absolute Gasteiger partial charge is 0.251 e. The Bertz CT molecular complexity index is 761. The van der Waals surface area contributed by atoms with Gasteiger partial charge in [-0.1, -0.05) is 6.07 Å². The van der Waals surface area contributed by atoms with Gasteiger partial charge in [0.25, 0.3) is 5.91 Å². The second-order valence-electron chi connectivity index (χ2n) is 7.51. The van der Waals surface area contributed by atoms with Crippen molar-refractivity contribution in [3.8, 4) is 0 Å². The molecule has 1 N–H and O–H groups in total. The van der Waals surface area contributed by atoms with E-state index in [1.54, 1.807) is 19.2 Å². The van der Waals surface area contributed by atoms with Gasteiger partial charge in [-0.3, -0.25) is 4.79 Å². The Morgan fingerprint density at radius 3 is 2.62 bits per heavy atom. The lowest BCUT2D eigenvalue weighted by Gasteiger charge is -2.34. The normalized spacial score (nSPS) is 20.7. The van der Waals surface area contributed by atoms with E-state index in [0.29, 0.717) is 38.3 Å². The molecule has 1 amide bonds. The van der Waals surface area contributed by atoms with Crippen molar-refractivity contribution in [2.24, 2.45) is 0 Å². The minimum absolute atomic E-state index is 0.128. The van der Waals surface area contributed by atoms with E-state index in [2.05, 4.69) is 10.2 Å². The van der Waals surface area contributed by atoms with Gasteiger partial charge in [-0.15, -0.1) is 0 Å². The number of rotatable bonds is 10. The number of likely N-dealkylation sites (N-methyl/N-ethyl adjacent to an activating group) is 1. The number of nitrogens with one attached hydrogen (secondary N) is 1. The number of morpholine rings is 1. The summed E-state index contributed by atoms with van der Waals surface area (Å²) in [5.41, 5.74) is 0.336. The van der Waals surface area contributed by atoms with E-state index in [1.807, 2.05) is 20.9 Å². The molecule has 1 aromatic rings. The zero-order chi connectivity index (χ0) is 21.4. The molecule has 29 heavy (non-hydrogen) atoms. The van der Waals surface area contributed by atoms with E-state index in [9.17, 15) is 13.2 Å². The molecule has 1 heterocycles. The first kappa shape index (κ1) is 23.8. The van der Waals surface area contributed by atoms with E-state index >= 15 is 0 Å². The van der Waals surface area contributed by atoms with Crippen LogP contribution in [0.1, 0.15) is 30.6 Å². The van der Waals surface area contributed by atoms with Crippen LogP contribution in [-0.4, -0.2) is 89.2 Å². The van der Waals surface area contributed by atoms with Crippen LogP contribution in [-0.2, 0) is 19.5 Å². The first-order chi connectivity index (χ1) is 13.7. The molecule has 1 aliphatic rings. The molecule has 0 bridgehead atoms. The Kier molecular flexibility index (Phi) is 9.04. The van der Waals surface area contributed by atoms with Gasteiger partial charge in [0.15, 0.2) is 0 Å². The van der Waals surface area contributed by atoms with Crippen molar-refractivity contribution < 1.29 is 22.7 Å². The molecule has 2 atom stereocenters. The zero-order valence-electron chi connectivity index (χ0n) is 17.8. The SMILES string of the molecule is COCCCN(C)CCNC(=O)c1cccc(S(=O)(=O)N2CC(C)OC(C)C2)c1. The predicted molar refractivity (Wildman–Crippen MR) is 112 cm³/mol. The minimum atomic E-state index is -3.68. The van der Waals surface area contributed by atoms with Crippen LogP contribution in [0.5, 0.6) is 0 Å². The van der Waals surface area contributed by atoms with Gasteiger partial charge in [-0.05, 0) is 45.5 Å². The molecule has 1 saturated heterocycles. The second kappa shape index (κ2) is 11.0. The maximum atomic E-state index is 13.0. The topological polar surface area (TPSA) is 88.2 Å². The molecule has 1 fully saturated rings. The summed E-state index contributed by atoms with van der Waals surface area (Å²) >= 11 is 0. The third kappa shape index (κ3) is 7.04. The zero-order valence-corrected chi connectivity index (χ0v) is 18.6. The Hall–Kier alpha value is -1.52. The quantitative estimate of drug-likeness (QED) is 0.564. The number of benzene rings is 1. The molecule has 0 spiro atoms. The van der Waals surface area contributed by atoms with E-state index in [0.717, 1.165) is 13.0 Å². The molecule has 2 rings (SSSR count). The predicted octanol–water partition coefficient (Wildman–Crippen LogP) is 1.18. The molecular weight excluding hydrogens is 394 g/mol. The molecule has 0 saturated carbocycles. The molecule has 8 nitrogen and oxygen atoms in total. The van der Waals surface area contributed by atoms with Gasteiger partial charge in [0.1, 0.15) is 0 Å². The molecule has 0 aliphatic carbocycles. The van der Waals surface area contributed by atoms with Crippen molar-refractivity contribution in [3.05, 3.63) is 29.8 Å². The van der Waals surface area contributed by atoms with Crippen molar-refractivity contribution in [1.82, 2.24) is 14.5 Å². The fourth-order valence-electron chi connectivity index (χ4n) is 3.33. The molecular formula is C20H33N3O5S. The highest BCUT2D eigenvalue weighted by atomic mass is 32.2. The Labute approximate surface area is 174 Å². The van der Waals surface area contributed by atoms with Crippen LogP contribution in [0.25, 0.3) is 0 Å². The third-order valence-electron chi connectivity index (χ3n) is 4.79. The number of carbonyl (C=O) groups is 1. The first-order valence-electron chi connectivity index (χ1n) is 9.95. The van der Waals surface area contributed by atoms with Crippen molar-refractivity contribution in [2.75, 3.05) is 53.5 Å². The number of nitrogens with zero attached hydrogens (tertiary/aromatic N) is 2. The summed E-state index contributed by atoms with van der Waals surface area (Å²) in [5, 5.41) is 2.85. The van der Waals surface area contributed by atoms with Crippen LogP contribution in [0.3, 0.4) is 0 Å². The molecule has 9 heteroatoms. The Morgan fingerprint density at radius 1 is 1.28 bits per heavy atom. The average molecular weight is 428 g/mol. The number of ether oxygens (including phenoxy) is 2. The van der Waals surface area contributed by atoms with Gasteiger partial charge in [-0.25, -0.2) is 8.42 Å². The Morgan fingerprint density at radius 2 is 1.97 bits per heavy atom. The van der Waals surface area contributed by atoms with Gasteiger partial charge >= 0.3 is 0 Å². The Balaban J connectivity index is 1.96. The highest BCUT2D eigenvalue weighted by Gasteiger charge is 2.32. The number of hydrogen-bond acceptors (Lipinski definition) is 6. The maximum absolute atomic E-state index is 13.0. The van der Waals surface area contributed by atoms with Gasteiger partial charge < -0.3 is 19.7 Å². The molecule has 0 aromatic heterocycles.